The Kier molecular flexibility index (Phi) is 5.10. The average Bonchev–Trinajstić information content (AvgIpc) is 3.06. The van der Waals surface area contributed by atoms with Crippen LogP contribution in [0.4, 0.5) is 10.5 Å². The number of carbonyl (C=O) groups excluding carboxylic acids is 1. The van der Waals surface area contributed by atoms with E-state index < -0.39 is 5.60 Å². The summed E-state index contributed by atoms with van der Waals surface area (Å²) >= 11 is 5.98. The van der Waals surface area contributed by atoms with Gasteiger partial charge in [-0.05, 0) is 26.8 Å². The third-order valence-corrected chi connectivity index (χ3v) is 4.53. The van der Waals surface area contributed by atoms with Crippen LogP contribution >= 0.6 is 11.6 Å². The number of phenolic OH excluding ortho intramolecular Hbond substituents is 2. The van der Waals surface area contributed by atoms with E-state index >= 15 is 0 Å². The standard InChI is InChI=1S/C18H23ClN4O4/c1-18(2,3)27-17(26)23-6-4-22(5-7-23)13-10-20-21-16(13)11-8-12(19)15(25)9-14(11)24/h8-10,24-25H,4-7H2,1-3H3,(H,20,21). The SMILES string of the molecule is CC(C)(C)OC(=O)N1CCN(c2cn[nH]c2-c2cc(Cl)c(O)cc2O)CC1. The number of benzene rings is 1. The Bertz CT molecular complexity index is 838. The van der Waals surface area contributed by atoms with Crippen molar-refractivity contribution in [2.75, 3.05) is 31.1 Å². The van der Waals surface area contributed by atoms with Gasteiger partial charge in [0.05, 0.1) is 22.6 Å². The second kappa shape index (κ2) is 7.19. The van der Waals surface area contributed by atoms with Crippen molar-refractivity contribution in [3.05, 3.63) is 23.4 Å². The third kappa shape index (κ3) is 4.21. The van der Waals surface area contributed by atoms with Gasteiger partial charge >= 0.3 is 6.09 Å². The largest absolute Gasteiger partial charge is 0.507 e. The second-order valence-electron chi connectivity index (χ2n) is 7.41. The molecule has 0 saturated carbocycles. The molecular formula is C18H23ClN4O4. The van der Waals surface area contributed by atoms with E-state index in [1.165, 1.54) is 12.1 Å². The Balaban J connectivity index is 1.75. The Morgan fingerprint density at radius 2 is 1.85 bits per heavy atom. The van der Waals surface area contributed by atoms with E-state index in [9.17, 15) is 15.0 Å². The second-order valence-corrected chi connectivity index (χ2v) is 7.81. The Labute approximate surface area is 162 Å². The molecule has 1 saturated heterocycles. The lowest BCUT2D eigenvalue weighted by Gasteiger charge is -2.36. The van der Waals surface area contributed by atoms with E-state index in [0.717, 1.165) is 5.69 Å². The van der Waals surface area contributed by atoms with Crippen LogP contribution in [-0.2, 0) is 4.74 Å². The van der Waals surface area contributed by atoms with Gasteiger partial charge in [-0.3, -0.25) is 5.10 Å². The summed E-state index contributed by atoms with van der Waals surface area (Å²) in [6.07, 6.45) is 1.34. The molecule has 0 unspecified atom stereocenters. The zero-order chi connectivity index (χ0) is 19.8. The molecule has 8 nitrogen and oxygen atoms in total. The smallest absolute Gasteiger partial charge is 0.410 e. The highest BCUT2D eigenvalue weighted by atomic mass is 35.5. The first kappa shape index (κ1) is 19.2. The van der Waals surface area contributed by atoms with E-state index in [0.29, 0.717) is 37.4 Å². The number of ether oxygens (including phenoxy) is 1. The lowest BCUT2D eigenvalue weighted by molar-refractivity contribution is 0.0240. The fraction of sp³-hybridized carbons (Fsp3) is 0.444. The summed E-state index contributed by atoms with van der Waals surface area (Å²) in [5.74, 6) is -0.292. The van der Waals surface area contributed by atoms with E-state index in [1.54, 1.807) is 11.1 Å². The van der Waals surface area contributed by atoms with Crippen LogP contribution in [0.2, 0.25) is 5.02 Å². The summed E-state index contributed by atoms with van der Waals surface area (Å²) in [7, 11) is 0. The van der Waals surface area contributed by atoms with Crippen LogP contribution in [0.5, 0.6) is 11.5 Å². The molecule has 9 heteroatoms. The molecule has 0 bridgehead atoms. The molecule has 0 atom stereocenters. The van der Waals surface area contributed by atoms with E-state index in [1.807, 2.05) is 20.8 Å². The molecule has 27 heavy (non-hydrogen) atoms. The first-order chi connectivity index (χ1) is 12.7. The molecule has 0 spiro atoms. The Morgan fingerprint density at radius 3 is 2.48 bits per heavy atom. The first-order valence-corrected chi connectivity index (χ1v) is 9.01. The zero-order valence-corrected chi connectivity index (χ0v) is 16.2. The van der Waals surface area contributed by atoms with E-state index in [4.69, 9.17) is 16.3 Å². The number of aromatic amines is 1. The maximum Gasteiger partial charge on any atom is 0.410 e. The molecule has 2 heterocycles. The van der Waals surface area contributed by atoms with Crippen LogP contribution in [0.1, 0.15) is 20.8 Å². The zero-order valence-electron chi connectivity index (χ0n) is 15.5. The summed E-state index contributed by atoms with van der Waals surface area (Å²) in [6.45, 7) is 7.75. The topological polar surface area (TPSA) is 102 Å². The number of aromatic nitrogens is 2. The number of halogens is 1. The number of anilines is 1. The minimum atomic E-state index is -0.526. The maximum absolute atomic E-state index is 12.2. The summed E-state index contributed by atoms with van der Waals surface area (Å²) < 4.78 is 5.41. The highest BCUT2D eigenvalue weighted by Crippen LogP contribution is 2.40. The normalized spacial score (nSPS) is 15.1. The van der Waals surface area contributed by atoms with Crippen LogP contribution in [0.15, 0.2) is 18.3 Å². The fourth-order valence-corrected chi connectivity index (χ4v) is 3.09. The van der Waals surface area contributed by atoms with Gasteiger partial charge in [0, 0.05) is 37.8 Å². The average molecular weight is 395 g/mol. The molecule has 146 valence electrons. The van der Waals surface area contributed by atoms with Gasteiger partial charge in [-0.2, -0.15) is 5.10 Å². The molecule has 1 amide bonds. The maximum atomic E-state index is 12.2. The van der Waals surface area contributed by atoms with Crippen LogP contribution in [0, 0.1) is 0 Å². The van der Waals surface area contributed by atoms with Gasteiger partial charge in [-0.25, -0.2) is 4.79 Å². The molecule has 3 rings (SSSR count). The number of rotatable bonds is 2. The first-order valence-electron chi connectivity index (χ1n) is 8.64. The lowest BCUT2D eigenvalue weighted by atomic mass is 10.1. The van der Waals surface area contributed by atoms with E-state index in [2.05, 4.69) is 15.1 Å². The molecule has 3 N–H and O–H groups in total. The van der Waals surface area contributed by atoms with Crippen molar-refractivity contribution >= 4 is 23.4 Å². The van der Waals surface area contributed by atoms with Gasteiger partial charge in [0.25, 0.3) is 0 Å². The van der Waals surface area contributed by atoms with Gasteiger partial charge in [0.2, 0.25) is 0 Å². The van der Waals surface area contributed by atoms with E-state index in [-0.39, 0.29) is 22.6 Å². The molecular weight excluding hydrogens is 372 g/mol. The molecule has 1 aromatic heterocycles. The van der Waals surface area contributed by atoms with Gasteiger partial charge in [0.15, 0.2) is 0 Å². The molecule has 1 aromatic carbocycles. The van der Waals surface area contributed by atoms with Crippen molar-refractivity contribution < 1.29 is 19.7 Å². The quantitative estimate of drug-likeness (QED) is 0.723. The van der Waals surface area contributed by atoms with Crippen molar-refractivity contribution in [2.24, 2.45) is 0 Å². The Morgan fingerprint density at radius 1 is 1.19 bits per heavy atom. The summed E-state index contributed by atoms with van der Waals surface area (Å²) in [5, 5.41) is 26.9. The van der Waals surface area contributed by atoms with Crippen LogP contribution in [0.3, 0.4) is 0 Å². The fourth-order valence-electron chi connectivity index (χ4n) is 2.93. The van der Waals surface area contributed by atoms with Gasteiger partial charge in [0.1, 0.15) is 17.1 Å². The number of nitrogens with zero attached hydrogens (tertiary/aromatic N) is 3. The number of aromatic hydroxyl groups is 2. The van der Waals surface area contributed by atoms with Crippen molar-refractivity contribution in [2.45, 2.75) is 26.4 Å². The third-order valence-electron chi connectivity index (χ3n) is 4.23. The van der Waals surface area contributed by atoms with Gasteiger partial charge in [-0.1, -0.05) is 11.6 Å². The summed E-state index contributed by atoms with van der Waals surface area (Å²) in [5.41, 5.74) is 1.30. The predicted octanol–water partition coefficient (Wildman–Crippen LogP) is 3.20. The molecule has 0 radical (unpaired) electrons. The number of piperazine rings is 1. The summed E-state index contributed by atoms with van der Waals surface area (Å²) in [4.78, 5) is 16.0. The predicted molar refractivity (Wildman–Crippen MR) is 102 cm³/mol. The minimum absolute atomic E-state index is 0.102. The number of phenols is 2. The molecule has 1 aliphatic heterocycles. The number of hydrogen-bond acceptors (Lipinski definition) is 6. The number of amides is 1. The van der Waals surface area contributed by atoms with Crippen LogP contribution < -0.4 is 4.90 Å². The number of H-pyrrole nitrogens is 1. The summed E-state index contributed by atoms with van der Waals surface area (Å²) in [6, 6.07) is 2.68. The van der Waals surface area contributed by atoms with Crippen molar-refractivity contribution in [1.29, 1.82) is 0 Å². The minimum Gasteiger partial charge on any atom is -0.507 e. The van der Waals surface area contributed by atoms with Gasteiger partial charge < -0.3 is 24.7 Å². The molecule has 1 fully saturated rings. The Hall–Kier alpha value is -2.61. The molecule has 2 aromatic rings. The van der Waals surface area contributed by atoms with Crippen molar-refractivity contribution in [3.63, 3.8) is 0 Å². The number of nitrogens with one attached hydrogen (secondary N) is 1. The number of carbonyl (C=O) groups is 1. The highest BCUT2D eigenvalue weighted by molar-refractivity contribution is 6.32. The van der Waals surface area contributed by atoms with Crippen LogP contribution in [0.25, 0.3) is 11.3 Å². The lowest BCUT2D eigenvalue weighted by Crippen LogP contribution is -2.50. The van der Waals surface area contributed by atoms with Crippen molar-refractivity contribution in [3.8, 4) is 22.8 Å². The molecule has 0 aliphatic carbocycles. The monoisotopic (exact) mass is 394 g/mol. The number of hydrogen-bond donors (Lipinski definition) is 3. The highest BCUT2D eigenvalue weighted by Gasteiger charge is 2.27. The van der Waals surface area contributed by atoms with Gasteiger partial charge in [-0.15, -0.1) is 0 Å². The molecule has 1 aliphatic rings. The van der Waals surface area contributed by atoms with Crippen LogP contribution in [-0.4, -0.2) is 63.2 Å². The van der Waals surface area contributed by atoms with Crippen molar-refractivity contribution in [1.82, 2.24) is 15.1 Å².